The van der Waals surface area contributed by atoms with Gasteiger partial charge in [0.1, 0.15) is 5.78 Å². The van der Waals surface area contributed by atoms with E-state index in [9.17, 15) is 9.90 Å². The number of hydrogen-bond acceptors (Lipinski definition) is 4. The number of fused-ring (bicyclic) bond motifs is 5. The molecule has 128 valence electrons. The van der Waals surface area contributed by atoms with Crippen LogP contribution in [0.15, 0.2) is 5.16 Å². The van der Waals surface area contributed by atoms with Crippen LogP contribution >= 0.6 is 0 Å². The van der Waals surface area contributed by atoms with Crippen molar-refractivity contribution in [3.8, 4) is 0 Å². The maximum atomic E-state index is 12.4. The van der Waals surface area contributed by atoms with E-state index < -0.39 is 0 Å². The van der Waals surface area contributed by atoms with E-state index >= 15 is 0 Å². The van der Waals surface area contributed by atoms with Crippen molar-refractivity contribution in [3.05, 3.63) is 0 Å². The van der Waals surface area contributed by atoms with Crippen molar-refractivity contribution in [1.82, 2.24) is 0 Å². The van der Waals surface area contributed by atoms with Gasteiger partial charge in [-0.05, 0) is 74.0 Å². The molecule has 0 spiro atoms. The zero-order chi connectivity index (χ0) is 16.4. The molecule has 0 aliphatic heterocycles. The highest BCUT2D eigenvalue weighted by molar-refractivity contribution is 5.87. The second-order valence-corrected chi connectivity index (χ2v) is 9.08. The van der Waals surface area contributed by atoms with Gasteiger partial charge < -0.3 is 10.3 Å². The van der Waals surface area contributed by atoms with Crippen molar-refractivity contribution >= 4 is 11.5 Å². The largest absolute Gasteiger partial charge is 0.411 e. The molecule has 0 amide bonds. The van der Waals surface area contributed by atoms with E-state index in [0.717, 1.165) is 57.1 Å². The fraction of sp³-hybridized carbons (Fsp3) is 0.895. The maximum absolute atomic E-state index is 12.4. The number of hydrogen-bond donors (Lipinski definition) is 2. The summed E-state index contributed by atoms with van der Waals surface area (Å²) >= 11 is 0. The quantitative estimate of drug-likeness (QED) is 0.531. The van der Waals surface area contributed by atoms with Gasteiger partial charge in [-0.3, -0.25) is 4.79 Å². The standard InChI is InChI=1S/C19H29NO3/c1-18-7-5-11(20-23)9-15(18)16(21)10-12-13-3-4-17(22)19(13,2)8-6-14(12)18/h12-16,21,23H,3-10H2,1-2H3/b20-11-/t12-,13-,14-,15?,16-,18+,19-/m0/s1. The molecule has 4 aliphatic carbocycles. The minimum Gasteiger partial charge on any atom is -0.411 e. The summed E-state index contributed by atoms with van der Waals surface area (Å²) in [5.41, 5.74) is 0.849. The van der Waals surface area contributed by atoms with Crippen molar-refractivity contribution < 1.29 is 15.1 Å². The van der Waals surface area contributed by atoms with Crippen LogP contribution in [0.5, 0.6) is 0 Å². The Bertz CT molecular complexity index is 559. The summed E-state index contributed by atoms with van der Waals surface area (Å²) in [7, 11) is 0. The summed E-state index contributed by atoms with van der Waals surface area (Å²) in [6.45, 7) is 4.53. The van der Waals surface area contributed by atoms with Crippen molar-refractivity contribution in [2.24, 2.45) is 39.7 Å². The lowest BCUT2D eigenvalue weighted by atomic mass is 9.44. The average Bonchev–Trinajstić information content (AvgIpc) is 2.83. The molecule has 0 aromatic rings. The third kappa shape index (κ3) is 2.00. The van der Waals surface area contributed by atoms with Gasteiger partial charge in [0.25, 0.3) is 0 Å². The molecule has 23 heavy (non-hydrogen) atoms. The predicted octanol–water partition coefficient (Wildman–Crippen LogP) is 3.40. The van der Waals surface area contributed by atoms with Crippen LogP contribution in [0.2, 0.25) is 0 Å². The highest BCUT2D eigenvalue weighted by Crippen LogP contribution is 2.65. The minimum atomic E-state index is -0.323. The van der Waals surface area contributed by atoms with Gasteiger partial charge in [-0.2, -0.15) is 0 Å². The van der Waals surface area contributed by atoms with E-state index in [1.54, 1.807) is 0 Å². The third-order valence-corrected chi connectivity index (χ3v) is 8.37. The molecule has 4 rings (SSSR count). The first-order valence-electron chi connectivity index (χ1n) is 9.31. The Morgan fingerprint density at radius 2 is 1.87 bits per heavy atom. The molecule has 0 heterocycles. The van der Waals surface area contributed by atoms with Gasteiger partial charge in [0.15, 0.2) is 0 Å². The molecule has 0 aromatic carbocycles. The fourth-order valence-corrected chi connectivity index (χ4v) is 6.96. The van der Waals surface area contributed by atoms with E-state index in [-0.39, 0.29) is 22.9 Å². The number of aliphatic hydroxyl groups is 1. The maximum Gasteiger partial charge on any atom is 0.139 e. The number of ketones is 1. The molecule has 0 saturated heterocycles. The summed E-state index contributed by atoms with van der Waals surface area (Å²) in [5, 5.41) is 23.5. The van der Waals surface area contributed by atoms with Gasteiger partial charge in [0.2, 0.25) is 0 Å². The lowest BCUT2D eigenvalue weighted by Crippen LogP contribution is -2.57. The smallest absolute Gasteiger partial charge is 0.139 e. The Labute approximate surface area is 138 Å². The highest BCUT2D eigenvalue weighted by atomic mass is 16.4. The molecule has 0 aromatic heterocycles. The van der Waals surface area contributed by atoms with Crippen LogP contribution in [0.4, 0.5) is 0 Å². The second kappa shape index (κ2) is 5.05. The predicted molar refractivity (Wildman–Crippen MR) is 87.3 cm³/mol. The summed E-state index contributed by atoms with van der Waals surface area (Å²) in [4.78, 5) is 12.4. The van der Waals surface area contributed by atoms with Crippen LogP contribution in [-0.4, -0.2) is 27.9 Å². The topological polar surface area (TPSA) is 69.9 Å². The SMILES string of the molecule is C[C@]12CC/C(=N/O)CC1[C@@H](O)C[C@@H]1[C@@H]2CC[C@]2(C)C(=O)CC[C@@H]12. The molecule has 1 unspecified atom stereocenters. The van der Waals surface area contributed by atoms with E-state index in [1.807, 2.05) is 0 Å². The summed E-state index contributed by atoms with van der Waals surface area (Å²) in [6.07, 6.45) is 7.00. The first-order valence-corrected chi connectivity index (χ1v) is 9.31. The van der Waals surface area contributed by atoms with Crippen LogP contribution in [0.1, 0.15) is 65.2 Å². The Balaban J connectivity index is 1.67. The average molecular weight is 319 g/mol. The molecule has 7 atom stereocenters. The lowest BCUT2D eigenvalue weighted by Gasteiger charge is -2.60. The zero-order valence-electron chi connectivity index (χ0n) is 14.3. The number of Topliss-reactive ketones (excluding diaryl/α,β-unsaturated/α-hetero) is 1. The van der Waals surface area contributed by atoms with Crippen LogP contribution in [0.3, 0.4) is 0 Å². The Morgan fingerprint density at radius 3 is 2.61 bits per heavy atom. The number of carbonyl (C=O) groups is 1. The van der Waals surface area contributed by atoms with Crippen LogP contribution in [0, 0.1) is 34.5 Å². The van der Waals surface area contributed by atoms with E-state index in [4.69, 9.17) is 5.21 Å². The number of nitrogens with zero attached hydrogens (tertiary/aromatic N) is 1. The van der Waals surface area contributed by atoms with Gasteiger partial charge in [0.05, 0.1) is 11.8 Å². The fourth-order valence-electron chi connectivity index (χ4n) is 6.96. The van der Waals surface area contributed by atoms with Crippen molar-refractivity contribution in [2.75, 3.05) is 0 Å². The van der Waals surface area contributed by atoms with E-state index in [2.05, 4.69) is 19.0 Å². The normalized spacial score (nSPS) is 54.5. The first kappa shape index (κ1) is 15.6. The number of aliphatic hydroxyl groups excluding tert-OH is 1. The summed E-state index contributed by atoms with van der Waals surface area (Å²) < 4.78 is 0. The van der Waals surface area contributed by atoms with E-state index in [0.29, 0.717) is 23.5 Å². The van der Waals surface area contributed by atoms with Crippen molar-refractivity contribution in [3.63, 3.8) is 0 Å². The molecule has 4 aliphatic rings. The molecule has 4 nitrogen and oxygen atoms in total. The number of carbonyl (C=O) groups excluding carboxylic acids is 1. The van der Waals surface area contributed by atoms with Crippen LogP contribution < -0.4 is 0 Å². The monoisotopic (exact) mass is 319 g/mol. The van der Waals surface area contributed by atoms with Gasteiger partial charge in [-0.1, -0.05) is 19.0 Å². The first-order chi connectivity index (χ1) is 10.9. The molecular formula is C19H29NO3. The molecular weight excluding hydrogens is 290 g/mol. The van der Waals surface area contributed by atoms with Crippen molar-refractivity contribution in [1.29, 1.82) is 0 Å². The minimum absolute atomic E-state index is 0.128. The Morgan fingerprint density at radius 1 is 1.09 bits per heavy atom. The molecule has 4 heteroatoms. The molecule has 4 fully saturated rings. The van der Waals surface area contributed by atoms with Gasteiger partial charge >= 0.3 is 0 Å². The van der Waals surface area contributed by atoms with Crippen molar-refractivity contribution in [2.45, 2.75) is 71.3 Å². The zero-order valence-corrected chi connectivity index (χ0v) is 14.3. The van der Waals surface area contributed by atoms with Gasteiger partial charge in [-0.15, -0.1) is 0 Å². The Kier molecular flexibility index (Phi) is 3.43. The Hall–Kier alpha value is -0.900. The molecule has 2 N–H and O–H groups in total. The van der Waals surface area contributed by atoms with Crippen LogP contribution in [-0.2, 0) is 4.79 Å². The lowest BCUT2D eigenvalue weighted by molar-refractivity contribution is -0.153. The molecule has 0 bridgehead atoms. The van der Waals surface area contributed by atoms with Crippen LogP contribution in [0.25, 0.3) is 0 Å². The van der Waals surface area contributed by atoms with Gasteiger partial charge in [-0.25, -0.2) is 0 Å². The van der Waals surface area contributed by atoms with E-state index in [1.165, 1.54) is 0 Å². The molecule has 0 radical (unpaired) electrons. The second-order valence-electron chi connectivity index (χ2n) is 9.08. The number of oxime groups is 1. The molecule has 4 saturated carbocycles. The number of rotatable bonds is 0. The summed E-state index contributed by atoms with van der Waals surface area (Å²) in [6, 6.07) is 0. The summed E-state index contributed by atoms with van der Waals surface area (Å²) in [5.74, 6) is 2.24. The van der Waals surface area contributed by atoms with Gasteiger partial charge in [0, 0.05) is 11.8 Å². The third-order valence-electron chi connectivity index (χ3n) is 8.37. The highest BCUT2D eigenvalue weighted by Gasteiger charge is 2.61.